The number of carbonyl (C=O) groups excluding carboxylic acids is 1. The van der Waals surface area contributed by atoms with Crippen molar-refractivity contribution in [3.63, 3.8) is 0 Å². The van der Waals surface area contributed by atoms with Gasteiger partial charge in [-0.2, -0.15) is 0 Å². The molecule has 1 aliphatic heterocycles. The summed E-state index contributed by atoms with van der Waals surface area (Å²) in [6, 6.07) is 12.3. The monoisotopic (exact) mass is 386 g/mol. The van der Waals surface area contributed by atoms with Gasteiger partial charge in [-0.15, -0.1) is 0 Å². The van der Waals surface area contributed by atoms with Crippen LogP contribution in [0.25, 0.3) is 0 Å². The van der Waals surface area contributed by atoms with Crippen LogP contribution in [0.15, 0.2) is 53.7 Å². The van der Waals surface area contributed by atoms with Crippen LogP contribution in [0.2, 0.25) is 0 Å². The first-order valence-electron chi connectivity index (χ1n) is 9.41. The maximum Gasteiger partial charge on any atom is 0.223 e. The lowest BCUT2D eigenvalue weighted by molar-refractivity contribution is -0.134. The topological polar surface area (TPSA) is 41.9 Å². The molecule has 4 nitrogen and oxygen atoms in total. The number of nitrogens with zero attached hydrogens (tertiary/aromatic N) is 2. The zero-order chi connectivity index (χ0) is 20.1. The van der Waals surface area contributed by atoms with Crippen LogP contribution in [0, 0.1) is 17.6 Å². The van der Waals surface area contributed by atoms with Crippen LogP contribution in [-0.4, -0.2) is 29.2 Å². The van der Waals surface area contributed by atoms with Crippen molar-refractivity contribution >= 4 is 11.6 Å². The molecular formula is C22H24F2N2O2. The third-order valence-corrected chi connectivity index (χ3v) is 4.53. The number of oxime groups is 1. The molecule has 0 bridgehead atoms. The summed E-state index contributed by atoms with van der Waals surface area (Å²) < 4.78 is 26.6. The first kappa shape index (κ1) is 20.0. The van der Waals surface area contributed by atoms with Gasteiger partial charge in [-0.1, -0.05) is 43.3 Å². The largest absolute Gasteiger partial charge is 0.390 e. The van der Waals surface area contributed by atoms with E-state index in [1.807, 2.05) is 13.8 Å². The van der Waals surface area contributed by atoms with Gasteiger partial charge in [0, 0.05) is 19.4 Å². The number of benzene rings is 2. The van der Waals surface area contributed by atoms with E-state index >= 15 is 0 Å². The summed E-state index contributed by atoms with van der Waals surface area (Å²) in [5, 5.41) is 4.11. The molecule has 6 heteroatoms. The summed E-state index contributed by atoms with van der Waals surface area (Å²) in [6.45, 7) is 4.64. The molecule has 0 spiro atoms. The molecule has 1 heterocycles. The second kappa shape index (κ2) is 8.95. The van der Waals surface area contributed by atoms with E-state index in [9.17, 15) is 13.6 Å². The van der Waals surface area contributed by atoms with E-state index in [1.165, 1.54) is 24.3 Å². The first-order chi connectivity index (χ1) is 13.4. The summed E-state index contributed by atoms with van der Waals surface area (Å²) in [7, 11) is 0. The fourth-order valence-corrected chi connectivity index (χ4v) is 3.17. The Bertz CT molecular complexity index is 850. The molecule has 2 aromatic rings. The lowest BCUT2D eigenvalue weighted by atomic mass is 10.0. The van der Waals surface area contributed by atoms with Crippen LogP contribution < -0.4 is 0 Å². The van der Waals surface area contributed by atoms with Crippen LogP contribution in [0.4, 0.5) is 8.78 Å². The molecule has 1 amide bonds. The Kier molecular flexibility index (Phi) is 6.39. The molecular weight excluding hydrogens is 362 g/mol. The minimum absolute atomic E-state index is 0.00177. The van der Waals surface area contributed by atoms with Gasteiger partial charge in [0.2, 0.25) is 5.91 Å². The highest BCUT2D eigenvalue weighted by Gasteiger charge is 2.27. The van der Waals surface area contributed by atoms with Crippen molar-refractivity contribution in [1.29, 1.82) is 0 Å². The second-order valence-electron chi connectivity index (χ2n) is 7.48. The molecule has 0 N–H and O–H groups in total. The zero-order valence-electron chi connectivity index (χ0n) is 16.1. The molecule has 148 valence electrons. The Hall–Kier alpha value is -2.76. The Labute approximate surface area is 163 Å². The number of amides is 1. The highest BCUT2D eigenvalue weighted by molar-refractivity contribution is 6.01. The molecule has 0 aromatic heterocycles. The molecule has 1 unspecified atom stereocenters. The van der Waals surface area contributed by atoms with Gasteiger partial charge in [-0.25, -0.2) is 8.78 Å². The van der Waals surface area contributed by atoms with Gasteiger partial charge in [0.15, 0.2) is 6.10 Å². The van der Waals surface area contributed by atoms with Crippen molar-refractivity contribution in [2.45, 2.75) is 39.3 Å². The van der Waals surface area contributed by atoms with Crippen molar-refractivity contribution < 1.29 is 18.4 Å². The Morgan fingerprint density at radius 3 is 2.61 bits per heavy atom. The van der Waals surface area contributed by atoms with Crippen LogP contribution >= 0.6 is 0 Å². The van der Waals surface area contributed by atoms with Crippen LogP contribution in [0.3, 0.4) is 0 Å². The normalized spacial score (nSPS) is 16.0. The Morgan fingerprint density at radius 1 is 1.18 bits per heavy atom. The SMILES string of the molecule is CC(C)CC(=O)N(Cc1cccc(F)c1)CC1CC(c2ccc(F)cc2)=NO1. The van der Waals surface area contributed by atoms with Gasteiger partial charge in [0.1, 0.15) is 11.6 Å². The van der Waals surface area contributed by atoms with E-state index in [-0.39, 0.29) is 29.6 Å². The van der Waals surface area contributed by atoms with Crippen molar-refractivity contribution in [2.75, 3.05) is 6.54 Å². The van der Waals surface area contributed by atoms with Crippen molar-refractivity contribution in [3.05, 3.63) is 71.3 Å². The fourth-order valence-electron chi connectivity index (χ4n) is 3.17. The number of hydrogen-bond acceptors (Lipinski definition) is 3. The van der Waals surface area contributed by atoms with Gasteiger partial charge in [0.05, 0.1) is 12.3 Å². The molecule has 28 heavy (non-hydrogen) atoms. The zero-order valence-corrected chi connectivity index (χ0v) is 16.1. The minimum Gasteiger partial charge on any atom is -0.390 e. The third kappa shape index (κ3) is 5.38. The lowest BCUT2D eigenvalue weighted by Crippen LogP contribution is -2.37. The summed E-state index contributed by atoms with van der Waals surface area (Å²) in [5.74, 6) is -0.413. The van der Waals surface area contributed by atoms with Gasteiger partial charge >= 0.3 is 0 Å². The lowest BCUT2D eigenvalue weighted by Gasteiger charge is -2.26. The summed E-state index contributed by atoms with van der Waals surface area (Å²) in [5.41, 5.74) is 2.26. The standard InChI is InChI=1S/C22H24F2N2O2/c1-15(2)10-22(27)26(13-16-4-3-5-19(24)11-16)14-20-12-21(25-28-20)17-6-8-18(23)9-7-17/h3-9,11,15,20H,10,12-14H2,1-2H3. The fraction of sp³-hybridized carbons (Fsp3) is 0.364. The maximum atomic E-state index is 13.5. The van der Waals surface area contributed by atoms with E-state index in [4.69, 9.17) is 4.84 Å². The van der Waals surface area contributed by atoms with Gasteiger partial charge in [-0.05, 0) is 41.3 Å². The number of rotatable bonds is 7. The van der Waals surface area contributed by atoms with Crippen molar-refractivity contribution in [1.82, 2.24) is 4.90 Å². The second-order valence-corrected chi connectivity index (χ2v) is 7.48. The average molecular weight is 386 g/mol. The van der Waals surface area contributed by atoms with E-state index in [0.717, 1.165) is 16.8 Å². The van der Waals surface area contributed by atoms with Crippen LogP contribution in [-0.2, 0) is 16.2 Å². The quantitative estimate of drug-likeness (QED) is 0.701. The van der Waals surface area contributed by atoms with Gasteiger partial charge < -0.3 is 9.74 Å². The number of halogens is 2. The predicted molar refractivity (Wildman–Crippen MR) is 104 cm³/mol. The predicted octanol–water partition coefficient (Wildman–Crippen LogP) is 4.53. The van der Waals surface area contributed by atoms with Crippen molar-refractivity contribution in [3.8, 4) is 0 Å². The molecule has 0 radical (unpaired) electrons. The minimum atomic E-state index is -0.326. The molecule has 2 aromatic carbocycles. The average Bonchev–Trinajstić information content (AvgIpc) is 3.10. The first-order valence-corrected chi connectivity index (χ1v) is 9.41. The van der Waals surface area contributed by atoms with Gasteiger partial charge in [0.25, 0.3) is 0 Å². The summed E-state index contributed by atoms with van der Waals surface area (Å²) >= 11 is 0. The third-order valence-electron chi connectivity index (χ3n) is 4.53. The van der Waals surface area contributed by atoms with Gasteiger partial charge in [-0.3, -0.25) is 4.79 Å². The Morgan fingerprint density at radius 2 is 1.93 bits per heavy atom. The number of hydrogen-bond donors (Lipinski definition) is 0. The summed E-state index contributed by atoms with van der Waals surface area (Å²) in [4.78, 5) is 19.9. The van der Waals surface area contributed by atoms with Crippen molar-refractivity contribution in [2.24, 2.45) is 11.1 Å². The molecule has 3 rings (SSSR count). The molecule has 1 atom stereocenters. The number of carbonyl (C=O) groups is 1. The van der Waals surface area contributed by atoms with E-state index in [1.54, 1.807) is 29.2 Å². The molecule has 0 saturated heterocycles. The Balaban J connectivity index is 1.67. The van der Waals surface area contributed by atoms with E-state index in [2.05, 4.69) is 5.16 Å². The smallest absolute Gasteiger partial charge is 0.223 e. The molecule has 0 fully saturated rings. The van der Waals surface area contributed by atoms with E-state index in [0.29, 0.717) is 25.9 Å². The molecule has 1 aliphatic rings. The van der Waals surface area contributed by atoms with Crippen LogP contribution in [0.1, 0.15) is 37.8 Å². The summed E-state index contributed by atoms with van der Waals surface area (Å²) in [6.07, 6.45) is 0.651. The maximum absolute atomic E-state index is 13.5. The molecule has 0 saturated carbocycles. The van der Waals surface area contributed by atoms with E-state index < -0.39 is 0 Å². The van der Waals surface area contributed by atoms with Crippen LogP contribution in [0.5, 0.6) is 0 Å². The highest BCUT2D eigenvalue weighted by atomic mass is 19.1. The molecule has 0 aliphatic carbocycles. The highest BCUT2D eigenvalue weighted by Crippen LogP contribution is 2.20.